The predicted octanol–water partition coefficient (Wildman–Crippen LogP) is 4.37. The Hall–Kier alpha value is -3.51. The third-order valence-corrected chi connectivity index (χ3v) is 5.50. The number of aromatic nitrogens is 1. The Morgan fingerprint density at radius 3 is 2.28 bits per heavy atom. The molecule has 3 aromatic rings. The summed E-state index contributed by atoms with van der Waals surface area (Å²) >= 11 is 0. The van der Waals surface area contributed by atoms with Gasteiger partial charge in [0.25, 0.3) is 0 Å². The Morgan fingerprint density at radius 2 is 1.62 bits per heavy atom. The summed E-state index contributed by atoms with van der Waals surface area (Å²) < 4.78 is 77.1. The maximum absolute atomic E-state index is 13.7. The number of amides is 2. The molecule has 0 bridgehead atoms. The van der Waals surface area contributed by atoms with Crippen LogP contribution in [-0.2, 0) is 10.0 Å². The van der Waals surface area contributed by atoms with Crippen LogP contribution in [0.4, 0.5) is 33.7 Å². The molecule has 0 saturated carbocycles. The van der Waals surface area contributed by atoms with Gasteiger partial charge in [-0.3, -0.25) is 0 Å². The first-order valence-corrected chi connectivity index (χ1v) is 10.5. The van der Waals surface area contributed by atoms with Crippen LogP contribution in [0.1, 0.15) is 0 Å². The molecule has 0 spiro atoms. The fourth-order valence-electron chi connectivity index (χ4n) is 2.68. The lowest BCUT2D eigenvalue weighted by Gasteiger charge is -2.15. The normalized spacial score (nSPS) is 11.8. The number of hydrogen-bond acceptors (Lipinski definition) is 4. The van der Waals surface area contributed by atoms with E-state index in [1.807, 2.05) is 0 Å². The summed E-state index contributed by atoms with van der Waals surface area (Å²) in [5, 5.41) is 4.65. The molecule has 0 atom stereocenters. The van der Waals surface area contributed by atoms with Crippen molar-refractivity contribution in [3.63, 3.8) is 0 Å². The van der Waals surface area contributed by atoms with E-state index in [9.17, 15) is 30.8 Å². The number of sulfonamides is 1. The molecule has 7 nitrogen and oxygen atoms in total. The van der Waals surface area contributed by atoms with Gasteiger partial charge in [0, 0.05) is 11.8 Å². The van der Waals surface area contributed by atoms with Crippen molar-refractivity contribution in [3.05, 3.63) is 72.8 Å². The monoisotopic (exact) mass is 468 g/mol. The highest BCUT2D eigenvalue weighted by molar-refractivity contribution is 7.89. The van der Waals surface area contributed by atoms with Gasteiger partial charge in [-0.05, 0) is 29.8 Å². The summed E-state index contributed by atoms with van der Waals surface area (Å²) in [4.78, 5) is 15.3. The van der Waals surface area contributed by atoms with Crippen molar-refractivity contribution in [2.24, 2.45) is 0 Å². The fourth-order valence-corrected chi connectivity index (χ4v) is 3.72. The minimum absolute atomic E-state index is 0.0205. The number of hydrogen-bond donors (Lipinski definition) is 3. The number of pyridine rings is 1. The molecule has 0 aliphatic heterocycles. The minimum Gasteiger partial charge on any atom is -0.307 e. The fraction of sp³-hybridized carbons (Fsp3) is 0.100. The van der Waals surface area contributed by atoms with E-state index in [1.54, 1.807) is 30.3 Å². The second kappa shape index (κ2) is 9.32. The molecule has 3 N–H and O–H groups in total. The maximum atomic E-state index is 13.7. The number of urea groups is 1. The minimum atomic E-state index is -4.74. The standard InChI is InChI=1S/C20H16F4N4O3S/c21-18-16(7-4-10-25-18)27-19(29)28-17-11-14(32(30,31)26-12-20(22,23)24)8-9-15(17)13-5-2-1-3-6-13/h1-11,26H,12H2,(H2,27,28,29). The van der Waals surface area contributed by atoms with E-state index in [0.717, 1.165) is 12.1 Å². The van der Waals surface area contributed by atoms with Gasteiger partial charge in [-0.1, -0.05) is 36.4 Å². The third kappa shape index (κ3) is 6.02. The Labute approximate surface area is 180 Å². The molecule has 0 aliphatic rings. The smallest absolute Gasteiger partial charge is 0.307 e. The number of alkyl halides is 3. The summed E-state index contributed by atoms with van der Waals surface area (Å²) in [7, 11) is -4.53. The second-order valence-electron chi connectivity index (χ2n) is 6.43. The van der Waals surface area contributed by atoms with Gasteiger partial charge in [0.2, 0.25) is 16.0 Å². The second-order valence-corrected chi connectivity index (χ2v) is 8.20. The highest BCUT2D eigenvalue weighted by atomic mass is 32.2. The predicted molar refractivity (Wildman–Crippen MR) is 110 cm³/mol. The maximum Gasteiger partial charge on any atom is 0.402 e. The summed E-state index contributed by atoms with van der Waals surface area (Å²) in [5.74, 6) is -0.932. The summed E-state index contributed by atoms with van der Waals surface area (Å²) in [6, 6.07) is 13.8. The topological polar surface area (TPSA) is 100 Å². The van der Waals surface area contributed by atoms with E-state index in [2.05, 4.69) is 15.6 Å². The number of halogens is 4. The lowest BCUT2D eigenvalue weighted by atomic mass is 10.0. The molecule has 0 radical (unpaired) electrons. The number of nitrogens with one attached hydrogen (secondary N) is 3. The molecule has 0 unspecified atom stereocenters. The van der Waals surface area contributed by atoms with Crippen LogP contribution < -0.4 is 15.4 Å². The number of nitrogens with zero attached hydrogens (tertiary/aromatic N) is 1. The van der Waals surface area contributed by atoms with Crippen LogP contribution in [0.5, 0.6) is 0 Å². The van der Waals surface area contributed by atoms with E-state index >= 15 is 0 Å². The highest BCUT2D eigenvalue weighted by Crippen LogP contribution is 2.31. The Morgan fingerprint density at radius 1 is 0.938 bits per heavy atom. The van der Waals surface area contributed by atoms with Gasteiger partial charge in [-0.25, -0.2) is 22.9 Å². The van der Waals surface area contributed by atoms with Crippen LogP contribution in [0.2, 0.25) is 0 Å². The van der Waals surface area contributed by atoms with Crippen LogP contribution >= 0.6 is 0 Å². The summed E-state index contributed by atoms with van der Waals surface area (Å²) in [6.45, 7) is -1.75. The third-order valence-electron chi connectivity index (χ3n) is 4.10. The SMILES string of the molecule is O=C(Nc1cc(S(=O)(=O)NCC(F)(F)F)ccc1-c1ccccc1)Nc1cccnc1F. The zero-order valence-corrected chi connectivity index (χ0v) is 17.0. The zero-order chi connectivity index (χ0) is 23.4. The molecule has 12 heteroatoms. The van der Waals surface area contributed by atoms with E-state index in [-0.39, 0.29) is 11.4 Å². The largest absolute Gasteiger partial charge is 0.402 e. The number of anilines is 2. The zero-order valence-electron chi connectivity index (χ0n) is 16.2. The van der Waals surface area contributed by atoms with Crippen molar-refractivity contribution in [2.75, 3.05) is 17.2 Å². The summed E-state index contributed by atoms with van der Waals surface area (Å²) in [5.41, 5.74) is 0.750. The Bertz CT molecular complexity index is 1220. The molecular formula is C20H16F4N4O3S. The average Bonchev–Trinajstić information content (AvgIpc) is 2.74. The number of benzene rings is 2. The summed E-state index contributed by atoms with van der Waals surface area (Å²) in [6.07, 6.45) is -3.56. The van der Waals surface area contributed by atoms with Gasteiger partial charge in [0.05, 0.1) is 16.3 Å². The highest BCUT2D eigenvalue weighted by Gasteiger charge is 2.30. The quantitative estimate of drug-likeness (QED) is 0.369. The van der Waals surface area contributed by atoms with Gasteiger partial charge in [-0.15, -0.1) is 0 Å². The van der Waals surface area contributed by atoms with Crippen molar-refractivity contribution < 1.29 is 30.8 Å². The van der Waals surface area contributed by atoms with E-state index in [1.165, 1.54) is 29.1 Å². The van der Waals surface area contributed by atoms with Crippen molar-refractivity contribution in [1.82, 2.24) is 9.71 Å². The molecule has 2 aromatic carbocycles. The number of carbonyl (C=O) groups excluding carboxylic acids is 1. The van der Waals surface area contributed by atoms with Crippen LogP contribution in [0, 0.1) is 5.95 Å². The van der Waals surface area contributed by atoms with Gasteiger partial charge >= 0.3 is 12.2 Å². The number of rotatable bonds is 6. The molecule has 0 aliphatic carbocycles. The number of carbonyl (C=O) groups is 1. The lowest BCUT2D eigenvalue weighted by Crippen LogP contribution is -2.33. The Balaban J connectivity index is 1.94. The van der Waals surface area contributed by atoms with Crippen LogP contribution in [0.25, 0.3) is 11.1 Å². The van der Waals surface area contributed by atoms with Crippen LogP contribution in [0.15, 0.2) is 71.8 Å². The van der Waals surface area contributed by atoms with E-state index < -0.39 is 39.6 Å². The molecule has 0 saturated heterocycles. The first-order valence-electron chi connectivity index (χ1n) is 8.99. The van der Waals surface area contributed by atoms with Gasteiger partial charge in [0.1, 0.15) is 6.54 Å². The molecule has 2 amide bonds. The lowest BCUT2D eigenvalue weighted by molar-refractivity contribution is -0.121. The van der Waals surface area contributed by atoms with E-state index in [4.69, 9.17) is 0 Å². The van der Waals surface area contributed by atoms with Crippen LogP contribution in [-0.4, -0.2) is 32.2 Å². The molecule has 1 aromatic heterocycles. The molecule has 32 heavy (non-hydrogen) atoms. The molecule has 3 rings (SSSR count). The van der Waals surface area contributed by atoms with E-state index in [0.29, 0.717) is 11.1 Å². The average molecular weight is 468 g/mol. The van der Waals surface area contributed by atoms with Crippen molar-refractivity contribution >= 4 is 27.4 Å². The Kier molecular flexibility index (Phi) is 6.75. The van der Waals surface area contributed by atoms with Crippen LogP contribution in [0.3, 0.4) is 0 Å². The molecular weight excluding hydrogens is 452 g/mol. The van der Waals surface area contributed by atoms with Gasteiger partial charge in [0.15, 0.2) is 0 Å². The first kappa shape index (κ1) is 23.2. The molecule has 168 valence electrons. The molecule has 1 heterocycles. The molecule has 0 fully saturated rings. The van der Waals surface area contributed by atoms with Crippen molar-refractivity contribution in [2.45, 2.75) is 11.1 Å². The van der Waals surface area contributed by atoms with Crippen molar-refractivity contribution in [1.29, 1.82) is 0 Å². The van der Waals surface area contributed by atoms with Gasteiger partial charge < -0.3 is 10.6 Å². The first-order chi connectivity index (χ1) is 15.0. The van der Waals surface area contributed by atoms with Crippen molar-refractivity contribution in [3.8, 4) is 11.1 Å². The van der Waals surface area contributed by atoms with Gasteiger partial charge in [-0.2, -0.15) is 17.6 Å².